The van der Waals surface area contributed by atoms with Gasteiger partial charge >= 0.3 is 5.97 Å². The second-order valence-corrected chi connectivity index (χ2v) is 4.89. The molecule has 2 aliphatic carbocycles. The van der Waals surface area contributed by atoms with Crippen molar-refractivity contribution in [3.8, 4) is 0 Å². The molecule has 3 unspecified atom stereocenters. The van der Waals surface area contributed by atoms with Crippen LogP contribution in [0, 0.1) is 17.3 Å². The van der Waals surface area contributed by atoms with Gasteiger partial charge in [-0.3, -0.25) is 4.79 Å². The summed E-state index contributed by atoms with van der Waals surface area (Å²) in [5.41, 5.74) is -0.465. The zero-order chi connectivity index (χ0) is 10.2. The van der Waals surface area contributed by atoms with E-state index in [0.717, 1.165) is 25.7 Å². The molecular formula is C13H24O3. The summed E-state index contributed by atoms with van der Waals surface area (Å²) in [7, 11) is 0. The number of allylic oxidation sites excluding steroid dienone is 2. The van der Waals surface area contributed by atoms with Gasteiger partial charge in [-0.05, 0) is 44.4 Å². The number of rotatable bonds is 1. The normalized spacial score (nSPS) is 36.6. The Hall–Kier alpha value is -0.830. The second kappa shape index (κ2) is 5.48. The third-order valence-corrected chi connectivity index (χ3v) is 4.08. The second-order valence-electron chi connectivity index (χ2n) is 4.89. The molecule has 1 saturated carbocycles. The Labute approximate surface area is 97.9 Å². The minimum atomic E-state index is -0.595. The van der Waals surface area contributed by atoms with Crippen LogP contribution in [0.4, 0.5) is 0 Å². The molecule has 0 heterocycles. The highest BCUT2D eigenvalue weighted by atomic mass is 16.4. The average Bonchev–Trinajstić information content (AvgIpc) is 2.18. The van der Waals surface area contributed by atoms with E-state index < -0.39 is 11.4 Å². The van der Waals surface area contributed by atoms with Crippen molar-refractivity contribution in [1.82, 2.24) is 0 Å². The summed E-state index contributed by atoms with van der Waals surface area (Å²) in [6, 6.07) is 0. The first-order chi connectivity index (χ1) is 6.64. The smallest absolute Gasteiger partial charge is 0.309 e. The van der Waals surface area contributed by atoms with Crippen LogP contribution in [-0.2, 0) is 4.79 Å². The molecule has 3 nitrogen and oxygen atoms in total. The molecule has 0 aliphatic heterocycles. The van der Waals surface area contributed by atoms with Gasteiger partial charge in [0.15, 0.2) is 0 Å². The van der Waals surface area contributed by atoms with Crippen molar-refractivity contribution in [2.75, 3.05) is 0 Å². The molecule has 16 heavy (non-hydrogen) atoms. The fourth-order valence-electron chi connectivity index (χ4n) is 3.14. The molecule has 1 fully saturated rings. The number of hydrogen-bond donors (Lipinski definition) is 1. The lowest BCUT2D eigenvalue weighted by atomic mass is 9.60. The monoisotopic (exact) mass is 228 g/mol. The number of carboxylic acid groups (broad SMARTS) is 1. The van der Waals surface area contributed by atoms with Gasteiger partial charge in [0.1, 0.15) is 0 Å². The van der Waals surface area contributed by atoms with Crippen molar-refractivity contribution in [3.63, 3.8) is 0 Å². The summed E-state index contributed by atoms with van der Waals surface area (Å²) >= 11 is 0. The Morgan fingerprint density at radius 1 is 1.44 bits per heavy atom. The lowest BCUT2D eigenvalue weighted by Crippen LogP contribution is -2.43. The van der Waals surface area contributed by atoms with Gasteiger partial charge in [-0.15, -0.1) is 0 Å². The van der Waals surface area contributed by atoms with Crippen LogP contribution in [0.15, 0.2) is 12.2 Å². The van der Waals surface area contributed by atoms with E-state index in [-0.39, 0.29) is 12.9 Å². The summed E-state index contributed by atoms with van der Waals surface area (Å²) in [4.78, 5) is 11.3. The summed E-state index contributed by atoms with van der Waals surface area (Å²) in [6.07, 6.45) is 9.69. The van der Waals surface area contributed by atoms with Gasteiger partial charge < -0.3 is 10.6 Å². The number of hydrogen-bond acceptors (Lipinski definition) is 1. The van der Waals surface area contributed by atoms with Crippen molar-refractivity contribution < 1.29 is 15.4 Å². The maximum atomic E-state index is 11.3. The van der Waals surface area contributed by atoms with Crippen LogP contribution in [0.2, 0.25) is 0 Å². The van der Waals surface area contributed by atoms with E-state index in [9.17, 15) is 9.90 Å². The number of fused-ring (bicyclic) bond motifs is 1. The Balaban J connectivity index is 0.00000112. The Morgan fingerprint density at radius 2 is 2.12 bits per heavy atom. The van der Waals surface area contributed by atoms with Crippen LogP contribution in [0.5, 0.6) is 0 Å². The van der Waals surface area contributed by atoms with Crippen molar-refractivity contribution in [1.29, 1.82) is 0 Å². The van der Waals surface area contributed by atoms with Crippen molar-refractivity contribution >= 4 is 5.97 Å². The van der Waals surface area contributed by atoms with Crippen LogP contribution in [0.25, 0.3) is 0 Å². The fourth-order valence-corrected chi connectivity index (χ4v) is 3.14. The van der Waals surface area contributed by atoms with E-state index in [0.29, 0.717) is 11.8 Å². The highest BCUT2D eigenvalue weighted by Crippen LogP contribution is 2.48. The molecule has 2 rings (SSSR count). The molecule has 0 radical (unpaired) electrons. The lowest BCUT2D eigenvalue weighted by Gasteiger charge is -2.44. The number of carboxylic acids is 1. The predicted molar refractivity (Wildman–Crippen MR) is 65.3 cm³/mol. The molecule has 94 valence electrons. The lowest BCUT2D eigenvalue weighted by molar-refractivity contribution is -0.155. The molecule has 3 heteroatoms. The molecule has 0 amide bonds. The third-order valence-electron chi connectivity index (χ3n) is 4.08. The predicted octanol–water partition coefficient (Wildman–Crippen LogP) is 2.66. The molecule has 0 aromatic rings. The van der Waals surface area contributed by atoms with Crippen molar-refractivity contribution in [2.24, 2.45) is 17.3 Å². The minimum absolute atomic E-state index is 0. The molecule has 2 aliphatic rings. The first kappa shape index (κ1) is 15.2. The highest BCUT2D eigenvalue weighted by Gasteiger charge is 2.46. The van der Waals surface area contributed by atoms with Crippen molar-refractivity contribution in [2.45, 2.75) is 46.5 Å². The third kappa shape index (κ3) is 2.29. The van der Waals surface area contributed by atoms with Gasteiger partial charge in [-0.2, -0.15) is 0 Å². The van der Waals surface area contributed by atoms with Gasteiger partial charge in [-0.1, -0.05) is 26.0 Å². The van der Waals surface area contributed by atoms with E-state index in [4.69, 9.17) is 0 Å². The van der Waals surface area contributed by atoms with E-state index in [1.807, 2.05) is 6.92 Å². The average molecular weight is 228 g/mol. The van der Waals surface area contributed by atoms with E-state index in [1.165, 1.54) is 6.42 Å². The summed E-state index contributed by atoms with van der Waals surface area (Å²) < 4.78 is 0. The molecular weight excluding hydrogens is 204 g/mol. The molecule has 0 aromatic heterocycles. The molecule has 3 N–H and O–H groups in total. The molecule has 0 spiro atoms. The quantitative estimate of drug-likeness (QED) is 0.701. The zero-order valence-corrected chi connectivity index (χ0v) is 9.20. The number of aliphatic carboxylic acids is 1. The first-order valence-corrected chi connectivity index (χ1v) is 5.54. The molecule has 0 bridgehead atoms. The summed E-state index contributed by atoms with van der Waals surface area (Å²) in [5, 5.41) is 9.31. The Kier molecular flexibility index (Phi) is 5.20. The minimum Gasteiger partial charge on any atom is -0.481 e. The SMILES string of the molecule is C.CC1(C(=O)O)CCCC2C=CCCC21.O. The van der Waals surface area contributed by atoms with E-state index in [1.54, 1.807) is 0 Å². The fraction of sp³-hybridized carbons (Fsp3) is 0.769. The zero-order valence-electron chi connectivity index (χ0n) is 9.20. The molecule has 3 atom stereocenters. The van der Waals surface area contributed by atoms with Gasteiger partial charge in [0.2, 0.25) is 0 Å². The van der Waals surface area contributed by atoms with Crippen LogP contribution < -0.4 is 0 Å². The molecule has 0 aromatic carbocycles. The van der Waals surface area contributed by atoms with Crippen LogP contribution in [0.3, 0.4) is 0 Å². The molecule has 0 saturated heterocycles. The van der Waals surface area contributed by atoms with Crippen LogP contribution in [-0.4, -0.2) is 16.6 Å². The summed E-state index contributed by atoms with van der Waals surface area (Å²) in [5.74, 6) is 0.305. The largest absolute Gasteiger partial charge is 0.481 e. The first-order valence-electron chi connectivity index (χ1n) is 5.54. The highest BCUT2D eigenvalue weighted by molar-refractivity contribution is 5.74. The van der Waals surface area contributed by atoms with E-state index in [2.05, 4.69) is 12.2 Å². The Bertz CT molecular complexity index is 272. The van der Waals surface area contributed by atoms with Gasteiger partial charge in [0.05, 0.1) is 5.41 Å². The van der Waals surface area contributed by atoms with E-state index >= 15 is 0 Å². The van der Waals surface area contributed by atoms with Gasteiger partial charge in [0, 0.05) is 0 Å². The number of carbonyl (C=O) groups is 1. The van der Waals surface area contributed by atoms with Crippen LogP contribution in [0.1, 0.15) is 46.5 Å². The Morgan fingerprint density at radius 3 is 2.75 bits per heavy atom. The van der Waals surface area contributed by atoms with Gasteiger partial charge in [0.25, 0.3) is 0 Å². The van der Waals surface area contributed by atoms with Crippen molar-refractivity contribution in [3.05, 3.63) is 12.2 Å². The topological polar surface area (TPSA) is 68.8 Å². The van der Waals surface area contributed by atoms with Gasteiger partial charge in [-0.25, -0.2) is 0 Å². The summed E-state index contributed by atoms with van der Waals surface area (Å²) in [6.45, 7) is 1.94. The maximum Gasteiger partial charge on any atom is 0.309 e. The maximum absolute atomic E-state index is 11.3. The standard InChI is InChI=1S/C12H18O2.CH4.H2O/c1-12(11(13)14)8-4-6-9-5-2-3-7-10(9)12;;/h2,5,9-10H,3-4,6-8H2,1H3,(H,13,14);1H4;1H2. The van der Waals surface area contributed by atoms with Crippen LogP contribution >= 0.6 is 0 Å².